The van der Waals surface area contributed by atoms with Gasteiger partial charge in [-0.2, -0.15) is 0 Å². The van der Waals surface area contributed by atoms with Crippen molar-refractivity contribution in [1.82, 2.24) is 10.9 Å². The molecule has 0 radical (unpaired) electrons. The minimum atomic E-state index is -0.468. The normalized spacial score (nSPS) is 10.0. The summed E-state index contributed by atoms with van der Waals surface area (Å²) in [5.41, 5.74) is 5.67. The Kier molecular flexibility index (Phi) is 7.28. The first-order chi connectivity index (χ1) is 12.1. The van der Waals surface area contributed by atoms with Crippen LogP contribution in [0.4, 0.5) is 0 Å². The summed E-state index contributed by atoms with van der Waals surface area (Å²) in [7, 11) is 0. The number of carbonyl (C=O) groups excluding carboxylic acids is 2. The predicted molar refractivity (Wildman–Crippen MR) is 97.2 cm³/mol. The summed E-state index contributed by atoms with van der Waals surface area (Å²) in [6.07, 6.45) is 0.887. The summed E-state index contributed by atoms with van der Waals surface area (Å²) in [5.74, 6) is 0.242. The van der Waals surface area contributed by atoms with Gasteiger partial charge in [-0.15, -0.1) is 0 Å². The van der Waals surface area contributed by atoms with E-state index in [1.165, 1.54) is 0 Å². The lowest BCUT2D eigenvalue weighted by Gasteiger charge is -2.10. The molecule has 0 aliphatic carbocycles. The van der Waals surface area contributed by atoms with E-state index < -0.39 is 11.8 Å². The molecule has 2 aromatic carbocycles. The molecule has 0 saturated heterocycles. The van der Waals surface area contributed by atoms with Crippen molar-refractivity contribution >= 4 is 27.7 Å². The fraction of sp³-hybridized carbons (Fsp3) is 0.222. The van der Waals surface area contributed by atoms with E-state index in [0.29, 0.717) is 11.5 Å². The molecule has 7 heteroatoms. The number of carbonyl (C=O) groups is 2. The fourth-order valence-corrected chi connectivity index (χ4v) is 2.16. The van der Waals surface area contributed by atoms with Crippen LogP contribution in [0.3, 0.4) is 0 Å². The quantitative estimate of drug-likeness (QED) is 0.692. The lowest BCUT2D eigenvalue weighted by molar-refractivity contribution is -0.131. The maximum absolute atomic E-state index is 11.7. The van der Waals surface area contributed by atoms with Gasteiger partial charge in [-0.1, -0.05) is 35.0 Å². The summed E-state index contributed by atoms with van der Waals surface area (Å²) >= 11 is 3.31. The van der Waals surface area contributed by atoms with Crippen molar-refractivity contribution in [3.63, 3.8) is 0 Å². The molecule has 25 heavy (non-hydrogen) atoms. The SMILES string of the molecule is CCc1cccc(OCC(=O)NNC(=O)COc2ccc(Br)cc2)c1. The fourth-order valence-electron chi connectivity index (χ4n) is 1.90. The van der Waals surface area contributed by atoms with E-state index in [1.807, 2.05) is 25.1 Å². The Morgan fingerprint density at radius 1 is 0.920 bits per heavy atom. The molecule has 6 nitrogen and oxygen atoms in total. The number of hydrazine groups is 1. The second-order valence-electron chi connectivity index (χ2n) is 5.13. The molecule has 0 atom stereocenters. The van der Waals surface area contributed by atoms with Crippen molar-refractivity contribution in [1.29, 1.82) is 0 Å². The molecule has 2 aromatic rings. The van der Waals surface area contributed by atoms with E-state index >= 15 is 0 Å². The molecule has 0 spiro atoms. The second kappa shape index (κ2) is 9.68. The zero-order valence-corrected chi connectivity index (χ0v) is 15.3. The summed E-state index contributed by atoms with van der Waals surface area (Å²) in [6.45, 7) is 1.64. The van der Waals surface area contributed by atoms with Crippen LogP contribution >= 0.6 is 15.9 Å². The average Bonchev–Trinajstić information content (AvgIpc) is 2.64. The van der Waals surface area contributed by atoms with Crippen LogP contribution in [0.25, 0.3) is 0 Å². The summed E-state index contributed by atoms with van der Waals surface area (Å²) in [5, 5.41) is 0. The maximum Gasteiger partial charge on any atom is 0.276 e. The van der Waals surface area contributed by atoms with Crippen LogP contribution in [0.1, 0.15) is 12.5 Å². The highest BCUT2D eigenvalue weighted by Gasteiger charge is 2.07. The number of hydrogen-bond acceptors (Lipinski definition) is 4. The number of nitrogens with one attached hydrogen (secondary N) is 2. The van der Waals surface area contributed by atoms with E-state index in [0.717, 1.165) is 16.5 Å². The number of amides is 2. The van der Waals surface area contributed by atoms with Gasteiger partial charge in [0, 0.05) is 4.47 Å². The molecule has 132 valence electrons. The Morgan fingerprint density at radius 3 is 2.12 bits per heavy atom. The summed E-state index contributed by atoms with van der Waals surface area (Å²) in [4.78, 5) is 23.3. The number of aryl methyl sites for hydroxylation is 1. The molecular weight excluding hydrogens is 388 g/mol. The average molecular weight is 407 g/mol. The maximum atomic E-state index is 11.7. The van der Waals surface area contributed by atoms with E-state index in [-0.39, 0.29) is 13.2 Å². The Hall–Kier alpha value is -2.54. The zero-order chi connectivity index (χ0) is 18.1. The van der Waals surface area contributed by atoms with Gasteiger partial charge in [0.15, 0.2) is 13.2 Å². The molecule has 2 rings (SSSR count). The molecule has 0 aliphatic rings. The highest BCUT2D eigenvalue weighted by atomic mass is 79.9. The first-order valence-corrected chi connectivity index (χ1v) is 8.54. The molecule has 0 heterocycles. The second-order valence-corrected chi connectivity index (χ2v) is 6.04. The van der Waals surface area contributed by atoms with Gasteiger partial charge in [-0.3, -0.25) is 20.4 Å². The Bertz CT molecular complexity index is 719. The molecule has 0 bridgehead atoms. The largest absolute Gasteiger partial charge is 0.484 e. The molecule has 0 aliphatic heterocycles. The van der Waals surface area contributed by atoms with Gasteiger partial charge in [0.05, 0.1) is 0 Å². The van der Waals surface area contributed by atoms with Crippen LogP contribution in [0.15, 0.2) is 53.0 Å². The Morgan fingerprint density at radius 2 is 1.52 bits per heavy atom. The number of benzene rings is 2. The first-order valence-electron chi connectivity index (χ1n) is 7.74. The highest BCUT2D eigenvalue weighted by Crippen LogP contribution is 2.16. The van der Waals surface area contributed by atoms with Crippen molar-refractivity contribution < 1.29 is 19.1 Å². The van der Waals surface area contributed by atoms with Gasteiger partial charge < -0.3 is 9.47 Å². The highest BCUT2D eigenvalue weighted by molar-refractivity contribution is 9.10. The molecule has 2 amide bonds. The number of halogens is 1. The van der Waals surface area contributed by atoms with Crippen molar-refractivity contribution in [2.75, 3.05) is 13.2 Å². The van der Waals surface area contributed by atoms with E-state index in [4.69, 9.17) is 9.47 Å². The smallest absolute Gasteiger partial charge is 0.276 e. The minimum Gasteiger partial charge on any atom is -0.484 e. The van der Waals surface area contributed by atoms with Crippen molar-refractivity contribution in [2.45, 2.75) is 13.3 Å². The first kappa shape index (κ1) is 18.8. The number of rotatable bonds is 7. The van der Waals surface area contributed by atoms with Crippen LogP contribution in [0, 0.1) is 0 Å². The molecular formula is C18H19BrN2O4. The topological polar surface area (TPSA) is 76.7 Å². The van der Waals surface area contributed by atoms with Gasteiger partial charge >= 0.3 is 0 Å². The van der Waals surface area contributed by atoms with Crippen molar-refractivity contribution in [2.24, 2.45) is 0 Å². The molecule has 0 saturated carbocycles. The van der Waals surface area contributed by atoms with E-state index in [1.54, 1.807) is 30.3 Å². The summed E-state index contributed by atoms with van der Waals surface area (Å²) < 4.78 is 11.6. The Labute approximate surface area is 154 Å². The van der Waals surface area contributed by atoms with Gasteiger partial charge in [-0.25, -0.2) is 0 Å². The predicted octanol–water partition coefficient (Wildman–Crippen LogP) is 2.62. The molecule has 0 aromatic heterocycles. The minimum absolute atomic E-state index is 0.193. The standard InChI is InChI=1S/C18H19BrN2O4/c1-2-13-4-3-5-16(10-13)25-12-18(23)21-20-17(22)11-24-15-8-6-14(19)7-9-15/h3-10H,2,11-12H2,1H3,(H,20,22)(H,21,23). The Balaban J connectivity index is 1.66. The van der Waals surface area contributed by atoms with Gasteiger partial charge in [-0.05, 0) is 48.4 Å². The zero-order valence-electron chi connectivity index (χ0n) is 13.8. The van der Waals surface area contributed by atoms with Crippen LogP contribution < -0.4 is 20.3 Å². The molecule has 0 fully saturated rings. The third kappa shape index (κ3) is 6.84. The van der Waals surface area contributed by atoms with Gasteiger partial charge in [0.1, 0.15) is 11.5 Å². The van der Waals surface area contributed by atoms with Crippen molar-refractivity contribution in [3.8, 4) is 11.5 Å². The van der Waals surface area contributed by atoms with Gasteiger partial charge in [0.2, 0.25) is 0 Å². The van der Waals surface area contributed by atoms with Gasteiger partial charge in [0.25, 0.3) is 11.8 Å². The third-order valence-electron chi connectivity index (χ3n) is 3.20. The lowest BCUT2D eigenvalue weighted by atomic mass is 10.2. The number of hydrogen-bond donors (Lipinski definition) is 2. The molecule has 2 N–H and O–H groups in total. The van der Waals surface area contributed by atoms with E-state index in [2.05, 4.69) is 26.8 Å². The molecule has 0 unspecified atom stereocenters. The summed E-state index contributed by atoms with van der Waals surface area (Å²) in [6, 6.07) is 14.6. The van der Waals surface area contributed by atoms with Crippen LogP contribution in [-0.4, -0.2) is 25.0 Å². The van der Waals surface area contributed by atoms with E-state index in [9.17, 15) is 9.59 Å². The van der Waals surface area contributed by atoms with Crippen LogP contribution in [-0.2, 0) is 16.0 Å². The van der Waals surface area contributed by atoms with Crippen molar-refractivity contribution in [3.05, 3.63) is 58.6 Å². The van der Waals surface area contributed by atoms with Crippen LogP contribution in [0.5, 0.6) is 11.5 Å². The monoisotopic (exact) mass is 406 g/mol. The number of ether oxygens (including phenoxy) is 2. The third-order valence-corrected chi connectivity index (χ3v) is 3.73. The van der Waals surface area contributed by atoms with Crippen LogP contribution in [0.2, 0.25) is 0 Å². The lowest BCUT2D eigenvalue weighted by Crippen LogP contribution is -2.45.